The number of rotatable bonds is 4. The number of carbonyl (C=O) groups excluding carboxylic acids is 3. The lowest BCUT2D eigenvalue weighted by Gasteiger charge is -2.15. The van der Waals surface area contributed by atoms with E-state index >= 15 is 0 Å². The van der Waals surface area contributed by atoms with Gasteiger partial charge in [-0.25, -0.2) is 9.78 Å². The van der Waals surface area contributed by atoms with Crippen molar-refractivity contribution in [1.29, 1.82) is 0 Å². The highest BCUT2D eigenvalue weighted by Crippen LogP contribution is 2.30. The van der Waals surface area contributed by atoms with Crippen molar-refractivity contribution in [3.63, 3.8) is 0 Å². The topological polar surface area (TPSA) is 88.6 Å². The Morgan fingerprint density at radius 1 is 1.38 bits per heavy atom. The Morgan fingerprint density at radius 2 is 2.24 bits per heavy atom. The van der Waals surface area contributed by atoms with Crippen molar-refractivity contribution in [2.75, 3.05) is 18.0 Å². The molecule has 1 fully saturated rings. The minimum Gasteiger partial charge on any atom is -0.442 e. The average molecular weight is 411 g/mol. The monoisotopic (exact) mass is 411 g/mol. The number of allylic oxidation sites excluding steroid dienone is 1. The van der Waals surface area contributed by atoms with E-state index in [9.17, 15) is 14.4 Å². The van der Waals surface area contributed by atoms with Gasteiger partial charge in [-0.3, -0.25) is 14.5 Å². The fraction of sp³-hybridized carbons (Fsp3) is 0.333. The number of ether oxygens (including phenoxy) is 1. The Hall–Kier alpha value is -3.00. The molecule has 1 N–H and O–H groups in total. The third kappa shape index (κ3) is 4.22. The zero-order valence-corrected chi connectivity index (χ0v) is 16.8. The van der Waals surface area contributed by atoms with Crippen molar-refractivity contribution in [3.05, 3.63) is 51.5 Å². The van der Waals surface area contributed by atoms with Crippen LogP contribution >= 0.6 is 11.3 Å². The van der Waals surface area contributed by atoms with Crippen LogP contribution in [0.5, 0.6) is 0 Å². The van der Waals surface area contributed by atoms with Crippen LogP contribution in [0.15, 0.2) is 35.3 Å². The van der Waals surface area contributed by atoms with E-state index in [2.05, 4.69) is 10.3 Å². The summed E-state index contributed by atoms with van der Waals surface area (Å²) in [7, 11) is 0. The van der Waals surface area contributed by atoms with Gasteiger partial charge in [-0.1, -0.05) is 0 Å². The van der Waals surface area contributed by atoms with Gasteiger partial charge in [0.2, 0.25) is 5.91 Å². The zero-order chi connectivity index (χ0) is 20.4. The summed E-state index contributed by atoms with van der Waals surface area (Å²) >= 11 is 1.51. The number of hydrogen-bond donors (Lipinski definition) is 1. The number of carbonyl (C=O) groups is 3. The molecule has 2 heterocycles. The van der Waals surface area contributed by atoms with Crippen molar-refractivity contribution < 1.29 is 19.1 Å². The molecule has 1 unspecified atom stereocenters. The van der Waals surface area contributed by atoms with Crippen molar-refractivity contribution in [2.24, 2.45) is 0 Å². The number of nitrogens with one attached hydrogen (secondary N) is 1. The van der Waals surface area contributed by atoms with Gasteiger partial charge in [0.15, 0.2) is 5.78 Å². The number of aromatic nitrogens is 1. The minimum absolute atomic E-state index is 0.0202. The maximum Gasteiger partial charge on any atom is 0.414 e. The molecule has 0 radical (unpaired) electrons. The van der Waals surface area contributed by atoms with E-state index in [1.165, 1.54) is 18.3 Å². The van der Waals surface area contributed by atoms with E-state index in [1.807, 2.05) is 17.5 Å². The fourth-order valence-electron chi connectivity index (χ4n) is 3.62. The maximum atomic E-state index is 13.0. The standard InChI is InChI=1S/C21H21N3O4S/c1-13(25)23-11-17-12-24(21(27)28-17)16-5-6-18-14(9-16)3-2-4-15(20(18)26)10-19-22-7-8-29-19/h5-10,17H,2-4,11-12H2,1H3,(H,23,25)/b15-10+. The van der Waals surface area contributed by atoms with Gasteiger partial charge in [0, 0.05) is 35.3 Å². The number of Topliss-reactive ketones (excluding diaryl/α,β-unsaturated/α-hetero) is 1. The second kappa shape index (κ2) is 8.16. The van der Waals surface area contributed by atoms with E-state index in [4.69, 9.17) is 4.74 Å². The number of hydrogen-bond acceptors (Lipinski definition) is 6. The molecule has 1 aromatic carbocycles. The van der Waals surface area contributed by atoms with Gasteiger partial charge < -0.3 is 10.1 Å². The first-order valence-corrected chi connectivity index (χ1v) is 10.4. The lowest BCUT2D eigenvalue weighted by Crippen LogP contribution is -2.33. The maximum absolute atomic E-state index is 13.0. The zero-order valence-electron chi connectivity index (χ0n) is 16.0. The number of thiazole rings is 1. The van der Waals surface area contributed by atoms with Crippen LogP contribution in [0.1, 0.15) is 40.7 Å². The first kappa shape index (κ1) is 19.3. The second-order valence-corrected chi connectivity index (χ2v) is 8.04. The quantitative estimate of drug-likeness (QED) is 0.617. The van der Waals surface area contributed by atoms with E-state index in [0.717, 1.165) is 29.0 Å². The van der Waals surface area contributed by atoms with Crippen LogP contribution in [0.3, 0.4) is 0 Å². The molecule has 4 rings (SSSR count). The average Bonchev–Trinajstić information content (AvgIpc) is 3.31. The molecule has 1 aliphatic heterocycles. The van der Waals surface area contributed by atoms with E-state index in [1.54, 1.807) is 23.2 Å². The van der Waals surface area contributed by atoms with Crippen molar-refractivity contribution in [3.8, 4) is 0 Å². The van der Waals surface area contributed by atoms with Crippen LogP contribution in [0, 0.1) is 0 Å². The Kier molecular flexibility index (Phi) is 5.44. The lowest BCUT2D eigenvalue weighted by atomic mass is 9.99. The van der Waals surface area contributed by atoms with Crippen LogP contribution in [0.4, 0.5) is 10.5 Å². The molecule has 0 spiro atoms. The number of anilines is 1. The number of aryl methyl sites for hydroxylation is 1. The van der Waals surface area contributed by atoms with E-state index in [0.29, 0.717) is 24.2 Å². The highest BCUT2D eigenvalue weighted by molar-refractivity contribution is 7.10. The molecule has 7 nitrogen and oxygen atoms in total. The summed E-state index contributed by atoms with van der Waals surface area (Å²) in [5, 5.41) is 5.39. The Labute approximate surface area is 172 Å². The fourth-order valence-corrected chi connectivity index (χ4v) is 4.21. The third-order valence-corrected chi connectivity index (χ3v) is 5.75. The molecule has 0 bridgehead atoms. The molecule has 1 aromatic heterocycles. The normalized spacial score (nSPS) is 20.4. The minimum atomic E-state index is -0.440. The highest BCUT2D eigenvalue weighted by Gasteiger charge is 2.33. The molecular formula is C21H21N3O4S. The van der Waals surface area contributed by atoms with Crippen molar-refractivity contribution in [2.45, 2.75) is 32.3 Å². The van der Waals surface area contributed by atoms with Gasteiger partial charge >= 0.3 is 6.09 Å². The second-order valence-electron chi connectivity index (χ2n) is 7.12. The summed E-state index contributed by atoms with van der Waals surface area (Å²) in [6.07, 6.45) is 5.10. The SMILES string of the molecule is CC(=O)NCC1CN(c2ccc3c(c2)CCC/C(=C\c2nccs2)C3=O)C(=O)O1. The lowest BCUT2D eigenvalue weighted by molar-refractivity contribution is -0.119. The summed E-state index contributed by atoms with van der Waals surface area (Å²) in [5.41, 5.74) is 3.09. The number of benzene rings is 1. The van der Waals surface area contributed by atoms with Crippen LogP contribution in [-0.2, 0) is 16.0 Å². The highest BCUT2D eigenvalue weighted by atomic mass is 32.1. The first-order valence-electron chi connectivity index (χ1n) is 9.51. The van der Waals surface area contributed by atoms with Gasteiger partial charge in [-0.15, -0.1) is 11.3 Å². The molecule has 150 valence electrons. The summed E-state index contributed by atoms with van der Waals surface area (Å²) in [4.78, 5) is 42.2. The molecule has 0 saturated carbocycles. The predicted molar refractivity (Wildman–Crippen MR) is 110 cm³/mol. The van der Waals surface area contributed by atoms with Crippen molar-refractivity contribution in [1.82, 2.24) is 10.3 Å². The number of ketones is 1. The first-order chi connectivity index (χ1) is 14.0. The molecular weight excluding hydrogens is 390 g/mol. The summed E-state index contributed by atoms with van der Waals surface area (Å²) in [6.45, 7) is 2.07. The Bertz CT molecular complexity index is 984. The molecule has 8 heteroatoms. The van der Waals surface area contributed by atoms with E-state index < -0.39 is 6.09 Å². The van der Waals surface area contributed by atoms with Gasteiger partial charge in [0.25, 0.3) is 0 Å². The smallest absolute Gasteiger partial charge is 0.414 e. The van der Waals surface area contributed by atoms with Crippen LogP contribution in [-0.4, -0.2) is 42.0 Å². The Balaban J connectivity index is 1.55. The third-order valence-electron chi connectivity index (χ3n) is 5.03. The van der Waals surface area contributed by atoms with Gasteiger partial charge in [-0.05, 0) is 49.1 Å². The number of amides is 2. The summed E-state index contributed by atoms with van der Waals surface area (Å²) < 4.78 is 5.33. The summed E-state index contributed by atoms with van der Waals surface area (Å²) in [6, 6.07) is 5.48. The molecule has 2 amide bonds. The van der Waals surface area contributed by atoms with E-state index in [-0.39, 0.29) is 24.3 Å². The predicted octanol–water partition coefficient (Wildman–Crippen LogP) is 3.21. The number of fused-ring (bicyclic) bond motifs is 1. The molecule has 1 saturated heterocycles. The van der Waals surface area contributed by atoms with Gasteiger partial charge in [0.05, 0.1) is 13.1 Å². The Morgan fingerprint density at radius 3 is 3.00 bits per heavy atom. The van der Waals surface area contributed by atoms with Gasteiger partial charge in [-0.2, -0.15) is 0 Å². The van der Waals surface area contributed by atoms with Crippen LogP contribution < -0.4 is 10.2 Å². The largest absolute Gasteiger partial charge is 0.442 e. The summed E-state index contributed by atoms with van der Waals surface area (Å²) in [5.74, 6) is -0.142. The molecule has 1 aliphatic carbocycles. The van der Waals surface area contributed by atoms with Gasteiger partial charge in [0.1, 0.15) is 11.1 Å². The molecule has 1 atom stereocenters. The van der Waals surface area contributed by atoms with Crippen molar-refractivity contribution >= 4 is 40.9 Å². The molecule has 2 aliphatic rings. The molecule has 2 aromatic rings. The number of cyclic esters (lactones) is 1. The molecule has 29 heavy (non-hydrogen) atoms. The van der Waals surface area contributed by atoms with Crippen LogP contribution in [0.2, 0.25) is 0 Å². The number of nitrogens with zero attached hydrogens (tertiary/aromatic N) is 2. The van der Waals surface area contributed by atoms with Crippen LogP contribution in [0.25, 0.3) is 6.08 Å².